The second-order valence-electron chi connectivity index (χ2n) is 7.20. The molecule has 0 fully saturated rings. The Kier molecular flexibility index (Phi) is 5.57. The van der Waals surface area contributed by atoms with E-state index in [0.717, 1.165) is 53.9 Å². The van der Waals surface area contributed by atoms with E-state index in [1.807, 2.05) is 36.4 Å². The fraction of sp³-hybridized carbons (Fsp3) is 0.304. The summed E-state index contributed by atoms with van der Waals surface area (Å²) in [5.74, 6) is 0.666. The van der Waals surface area contributed by atoms with Gasteiger partial charge in [-0.2, -0.15) is 5.26 Å². The molecule has 2 heterocycles. The van der Waals surface area contributed by atoms with E-state index in [2.05, 4.69) is 23.2 Å². The molecule has 0 bridgehead atoms. The molecule has 1 aliphatic heterocycles. The number of nitrogens with zero attached hydrogens (tertiary/aromatic N) is 3. The van der Waals surface area contributed by atoms with E-state index in [4.69, 9.17) is 21.3 Å². The van der Waals surface area contributed by atoms with Crippen LogP contribution in [0.5, 0.6) is 5.75 Å². The molecular weight excluding hydrogens is 384 g/mol. The van der Waals surface area contributed by atoms with Gasteiger partial charge in [-0.1, -0.05) is 24.6 Å². The molecule has 6 heteroatoms. The summed E-state index contributed by atoms with van der Waals surface area (Å²) in [6.07, 6.45) is 0.933. The molecular formula is C23H23ClN4O. The monoisotopic (exact) mass is 406 g/mol. The van der Waals surface area contributed by atoms with Crippen LogP contribution in [0.25, 0.3) is 10.9 Å². The van der Waals surface area contributed by atoms with Gasteiger partial charge in [0.2, 0.25) is 0 Å². The lowest BCUT2D eigenvalue weighted by atomic mass is 9.98. The Labute approximate surface area is 175 Å². The van der Waals surface area contributed by atoms with Crippen molar-refractivity contribution >= 4 is 28.2 Å². The fourth-order valence-electron chi connectivity index (χ4n) is 3.85. The largest absolute Gasteiger partial charge is 0.495 e. The van der Waals surface area contributed by atoms with Gasteiger partial charge in [-0.15, -0.1) is 0 Å². The molecule has 0 amide bonds. The van der Waals surface area contributed by atoms with Gasteiger partial charge in [-0.3, -0.25) is 9.88 Å². The molecule has 0 saturated heterocycles. The Bertz CT molecular complexity index is 1110. The van der Waals surface area contributed by atoms with Crippen LogP contribution < -0.4 is 10.1 Å². The second kappa shape index (κ2) is 8.28. The third-order valence-corrected chi connectivity index (χ3v) is 5.78. The van der Waals surface area contributed by atoms with E-state index in [-0.39, 0.29) is 0 Å². The zero-order valence-corrected chi connectivity index (χ0v) is 17.4. The number of likely N-dealkylation sites (N-methyl/N-ethyl adjacent to an activating group) is 1. The number of aromatic nitrogens is 1. The number of nitrogens with one attached hydrogen (secondary N) is 1. The van der Waals surface area contributed by atoms with E-state index in [9.17, 15) is 5.26 Å². The van der Waals surface area contributed by atoms with E-state index in [1.165, 1.54) is 5.56 Å². The third kappa shape index (κ3) is 3.87. The molecule has 148 valence electrons. The zero-order valence-electron chi connectivity index (χ0n) is 16.6. The van der Waals surface area contributed by atoms with E-state index in [0.29, 0.717) is 22.9 Å². The Balaban J connectivity index is 1.76. The molecule has 1 aromatic heterocycles. The molecule has 0 aliphatic carbocycles. The minimum Gasteiger partial charge on any atom is -0.495 e. The first-order valence-electron chi connectivity index (χ1n) is 9.77. The molecule has 0 atom stereocenters. The Hall–Kier alpha value is -2.81. The number of methoxy groups -OCH3 is 1. The number of anilines is 1. The summed E-state index contributed by atoms with van der Waals surface area (Å²) in [6, 6.07) is 13.7. The van der Waals surface area contributed by atoms with Crippen molar-refractivity contribution in [3.8, 4) is 11.8 Å². The second-order valence-corrected chi connectivity index (χ2v) is 7.60. The zero-order chi connectivity index (χ0) is 20.4. The van der Waals surface area contributed by atoms with Gasteiger partial charge in [-0.05, 0) is 42.4 Å². The quantitative estimate of drug-likeness (QED) is 0.662. The third-order valence-electron chi connectivity index (χ3n) is 5.48. The smallest absolute Gasteiger partial charge is 0.137 e. The normalized spacial score (nSPS) is 13.7. The van der Waals surface area contributed by atoms with Crippen molar-refractivity contribution in [1.82, 2.24) is 9.88 Å². The van der Waals surface area contributed by atoms with Gasteiger partial charge in [0, 0.05) is 42.7 Å². The summed E-state index contributed by atoms with van der Waals surface area (Å²) in [5, 5.41) is 14.6. The van der Waals surface area contributed by atoms with Crippen LogP contribution in [0.3, 0.4) is 0 Å². The molecule has 1 aliphatic rings. The lowest BCUT2D eigenvalue weighted by Gasteiger charge is -2.29. The predicted molar refractivity (Wildman–Crippen MR) is 116 cm³/mol. The molecule has 4 rings (SSSR count). The van der Waals surface area contributed by atoms with Crippen LogP contribution in [-0.2, 0) is 19.5 Å². The highest BCUT2D eigenvalue weighted by atomic mass is 35.5. The molecule has 0 radical (unpaired) electrons. The van der Waals surface area contributed by atoms with Crippen LogP contribution in [0, 0.1) is 11.3 Å². The van der Waals surface area contributed by atoms with Crippen molar-refractivity contribution in [2.75, 3.05) is 25.5 Å². The lowest BCUT2D eigenvalue weighted by Crippen LogP contribution is -2.31. The highest BCUT2D eigenvalue weighted by molar-refractivity contribution is 6.32. The first kappa shape index (κ1) is 19.5. The van der Waals surface area contributed by atoms with E-state index in [1.54, 1.807) is 7.11 Å². The number of pyridine rings is 1. The van der Waals surface area contributed by atoms with Gasteiger partial charge in [0.1, 0.15) is 5.75 Å². The van der Waals surface area contributed by atoms with Crippen LogP contribution in [0.2, 0.25) is 5.02 Å². The minimum atomic E-state index is 0.595. The standard InChI is InChI=1S/C23H23ClN4O/c1-3-28-9-8-21-18(14-28)23(17-10-15(12-25)4-6-20(17)27-21)26-13-16-5-7-22(29-2)19(24)11-16/h4-7,10-11H,3,8-9,13-14H2,1-2H3,(H,26,27). The van der Waals surface area contributed by atoms with Gasteiger partial charge < -0.3 is 10.1 Å². The highest BCUT2D eigenvalue weighted by Crippen LogP contribution is 2.34. The van der Waals surface area contributed by atoms with Gasteiger partial charge in [-0.25, -0.2) is 0 Å². The van der Waals surface area contributed by atoms with Crippen molar-refractivity contribution < 1.29 is 4.74 Å². The summed E-state index contributed by atoms with van der Waals surface area (Å²) in [5.41, 5.74) is 6.05. The van der Waals surface area contributed by atoms with Crippen LogP contribution >= 0.6 is 11.6 Å². The summed E-state index contributed by atoms with van der Waals surface area (Å²) in [6.45, 7) is 5.68. The average Bonchev–Trinajstić information content (AvgIpc) is 2.76. The number of fused-ring (bicyclic) bond motifs is 2. The van der Waals surface area contributed by atoms with Crippen molar-refractivity contribution in [2.45, 2.75) is 26.4 Å². The van der Waals surface area contributed by atoms with Gasteiger partial charge in [0.25, 0.3) is 0 Å². The van der Waals surface area contributed by atoms with Crippen molar-refractivity contribution in [3.05, 3.63) is 63.8 Å². The maximum absolute atomic E-state index is 9.37. The molecule has 29 heavy (non-hydrogen) atoms. The Morgan fingerprint density at radius 1 is 1.28 bits per heavy atom. The van der Waals surface area contributed by atoms with E-state index < -0.39 is 0 Å². The van der Waals surface area contributed by atoms with Crippen LogP contribution in [-0.4, -0.2) is 30.1 Å². The number of nitriles is 1. The van der Waals surface area contributed by atoms with Crippen LogP contribution in [0.1, 0.15) is 29.3 Å². The van der Waals surface area contributed by atoms with Crippen molar-refractivity contribution in [1.29, 1.82) is 5.26 Å². The fourth-order valence-corrected chi connectivity index (χ4v) is 4.13. The first-order valence-corrected chi connectivity index (χ1v) is 10.1. The Morgan fingerprint density at radius 2 is 2.14 bits per heavy atom. The predicted octanol–water partition coefficient (Wildman–Crippen LogP) is 4.76. The van der Waals surface area contributed by atoms with Gasteiger partial charge in [0.15, 0.2) is 0 Å². The van der Waals surface area contributed by atoms with Gasteiger partial charge in [0.05, 0.1) is 35.0 Å². The molecule has 3 aromatic rings. The number of benzene rings is 2. The maximum Gasteiger partial charge on any atom is 0.137 e. The summed E-state index contributed by atoms with van der Waals surface area (Å²) >= 11 is 6.29. The summed E-state index contributed by atoms with van der Waals surface area (Å²) in [7, 11) is 1.61. The summed E-state index contributed by atoms with van der Waals surface area (Å²) < 4.78 is 5.25. The average molecular weight is 407 g/mol. The first-order chi connectivity index (χ1) is 14.1. The summed E-state index contributed by atoms with van der Waals surface area (Å²) in [4.78, 5) is 7.31. The van der Waals surface area contributed by atoms with E-state index >= 15 is 0 Å². The lowest BCUT2D eigenvalue weighted by molar-refractivity contribution is 0.266. The minimum absolute atomic E-state index is 0.595. The number of hydrogen-bond donors (Lipinski definition) is 1. The number of halogens is 1. The molecule has 5 nitrogen and oxygen atoms in total. The Morgan fingerprint density at radius 3 is 2.86 bits per heavy atom. The highest BCUT2D eigenvalue weighted by Gasteiger charge is 2.22. The van der Waals surface area contributed by atoms with Gasteiger partial charge >= 0.3 is 0 Å². The SMILES string of the molecule is CCN1CCc2nc3ccc(C#N)cc3c(NCc3ccc(OC)c(Cl)c3)c2C1. The van der Waals surface area contributed by atoms with Crippen molar-refractivity contribution in [3.63, 3.8) is 0 Å². The van der Waals surface area contributed by atoms with Crippen molar-refractivity contribution in [2.24, 2.45) is 0 Å². The maximum atomic E-state index is 9.37. The number of rotatable bonds is 5. The van der Waals surface area contributed by atoms with Crippen LogP contribution in [0.15, 0.2) is 36.4 Å². The number of ether oxygens (including phenoxy) is 1. The molecule has 0 saturated carbocycles. The molecule has 0 spiro atoms. The molecule has 2 aromatic carbocycles. The molecule has 1 N–H and O–H groups in total. The molecule has 0 unspecified atom stereocenters. The number of hydrogen-bond acceptors (Lipinski definition) is 5. The van der Waals surface area contributed by atoms with Crippen LogP contribution in [0.4, 0.5) is 5.69 Å². The topological polar surface area (TPSA) is 61.2 Å².